The van der Waals surface area contributed by atoms with Gasteiger partial charge < -0.3 is 15.5 Å². The van der Waals surface area contributed by atoms with Gasteiger partial charge in [-0.2, -0.15) is 0 Å². The molecule has 2 N–H and O–H groups in total. The van der Waals surface area contributed by atoms with Crippen LogP contribution in [0.3, 0.4) is 0 Å². The SMILES string of the molecule is CCC1CCCCN1CCNC(=NC)NCc1ccc(CN(C)C)cc1. The average molecular weight is 360 g/mol. The van der Waals surface area contributed by atoms with Crippen LogP contribution >= 0.6 is 0 Å². The van der Waals surface area contributed by atoms with Crippen molar-refractivity contribution in [1.82, 2.24) is 20.4 Å². The Hall–Kier alpha value is -1.59. The Bertz CT molecular complexity index is 538. The van der Waals surface area contributed by atoms with Crippen molar-refractivity contribution in [2.45, 2.75) is 51.7 Å². The fraction of sp³-hybridized carbons (Fsp3) is 0.667. The number of rotatable bonds is 8. The summed E-state index contributed by atoms with van der Waals surface area (Å²) in [5.74, 6) is 0.882. The second-order valence-electron chi connectivity index (χ2n) is 7.50. The first-order valence-corrected chi connectivity index (χ1v) is 10.0. The zero-order chi connectivity index (χ0) is 18.8. The lowest BCUT2D eigenvalue weighted by Crippen LogP contribution is -2.45. The van der Waals surface area contributed by atoms with Crippen molar-refractivity contribution < 1.29 is 0 Å². The van der Waals surface area contributed by atoms with Crippen molar-refractivity contribution >= 4 is 5.96 Å². The minimum atomic E-state index is 0.765. The quantitative estimate of drug-likeness (QED) is 0.553. The highest BCUT2D eigenvalue weighted by Gasteiger charge is 2.19. The van der Waals surface area contributed by atoms with Crippen LogP contribution in [0.1, 0.15) is 43.7 Å². The Balaban J connectivity index is 1.72. The van der Waals surface area contributed by atoms with Crippen LogP contribution < -0.4 is 10.6 Å². The van der Waals surface area contributed by atoms with E-state index < -0.39 is 0 Å². The second kappa shape index (κ2) is 11.2. The second-order valence-corrected chi connectivity index (χ2v) is 7.50. The maximum absolute atomic E-state index is 4.35. The van der Waals surface area contributed by atoms with Gasteiger partial charge in [-0.1, -0.05) is 37.6 Å². The molecule has 0 amide bonds. The Morgan fingerprint density at radius 1 is 1.15 bits per heavy atom. The van der Waals surface area contributed by atoms with Gasteiger partial charge in [-0.05, 0) is 51.0 Å². The largest absolute Gasteiger partial charge is 0.355 e. The molecule has 1 saturated heterocycles. The number of nitrogens with zero attached hydrogens (tertiary/aromatic N) is 3. The van der Waals surface area contributed by atoms with E-state index in [-0.39, 0.29) is 0 Å². The summed E-state index contributed by atoms with van der Waals surface area (Å²) in [7, 11) is 6.03. The highest BCUT2D eigenvalue weighted by Crippen LogP contribution is 2.18. The van der Waals surface area contributed by atoms with Crippen LogP contribution in [-0.4, -0.2) is 62.6 Å². The molecule has 146 valence electrons. The van der Waals surface area contributed by atoms with Crippen LogP contribution in [0.5, 0.6) is 0 Å². The number of benzene rings is 1. The van der Waals surface area contributed by atoms with Gasteiger partial charge >= 0.3 is 0 Å². The highest BCUT2D eigenvalue weighted by molar-refractivity contribution is 5.79. The summed E-state index contributed by atoms with van der Waals surface area (Å²) in [6.07, 6.45) is 5.34. The maximum Gasteiger partial charge on any atom is 0.191 e. The van der Waals surface area contributed by atoms with Crippen LogP contribution in [0, 0.1) is 0 Å². The molecule has 5 heteroatoms. The molecule has 1 unspecified atom stereocenters. The van der Waals surface area contributed by atoms with Crippen LogP contribution in [-0.2, 0) is 13.1 Å². The smallest absolute Gasteiger partial charge is 0.191 e. The third kappa shape index (κ3) is 6.96. The molecule has 1 aliphatic rings. The molecule has 0 saturated carbocycles. The van der Waals surface area contributed by atoms with E-state index in [0.29, 0.717) is 0 Å². The van der Waals surface area contributed by atoms with E-state index in [1.807, 2.05) is 7.05 Å². The number of guanidine groups is 1. The van der Waals surface area contributed by atoms with Gasteiger partial charge in [0.1, 0.15) is 0 Å². The van der Waals surface area contributed by atoms with Gasteiger partial charge in [0.15, 0.2) is 5.96 Å². The van der Waals surface area contributed by atoms with Gasteiger partial charge in [-0.15, -0.1) is 0 Å². The Morgan fingerprint density at radius 3 is 2.54 bits per heavy atom. The van der Waals surface area contributed by atoms with Crippen LogP contribution in [0.15, 0.2) is 29.3 Å². The van der Waals surface area contributed by atoms with Crippen LogP contribution in [0.25, 0.3) is 0 Å². The molecule has 1 heterocycles. The van der Waals surface area contributed by atoms with Crippen molar-refractivity contribution in [2.24, 2.45) is 4.99 Å². The molecule has 0 radical (unpaired) electrons. The molecular formula is C21H37N5. The van der Waals surface area contributed by atoms with Crippen molar-refractivity contribution in [1.29, 1.82) is 0 Å². The minimum Gasteiger partial charge on any atom is -0.355 e. The molecule has 1 aromatic rings. The number of hydrogen-bond acceptors (Lipinski definition) is 3. The van der Waals surface area contributed by atoms with Gasteiger partial charge in [0.2, 0.25) is 0 Å². The zero-order valence-electron chi connectivity index (χ0n) is 17.1. The first-order valence-electron chi connectivity index (χ1n) is 10.0. The molecule has 26 heavy (non-hydrogen) atoms. The fourth-order valence-corrected chi connectivity index (χ4v) is 3.67. The number of hydrogen-bond donors (Lipinski definition) is 2. The van der Waals surface area contributed by atoms with Crippen LogP contribution in [0.2, 0.25) is 0 Å². The molecule has 1 aliphatic heterocycles. The Morgan fingerprint density at radius 2 is 1.88 bits per heavy atom. The molecule has 1 aromatic carbocycles. The first kappa shape index (κ1) is 20.7. The van der Waals surface area contributed by atoms with Gasteiger partial charge in [-0.3, -0.25) is 9.89 Å². The third-order valence-electron chi connectivity index (χ3n) is 5.12. The van der Waals surface area contributed by atoms with Gasteiger partial charge in [0.25, 0.3) is 0 Å². The number of piperidine rings is 1. The third-order valence-corrected chi connectivity index (χ3v) is 5.12. The summed E-state index contributed by atoms with van der Waals surface area (Å²) < 4.78 is 0. The maximum atomic E-state index is 4.35. The topological polar surface area (TPSA) is 42.9 Å². The van der Waals surface area contributed by atoms with Gasteiger partial charge in [0.05, 0.1) is 0 Å². The summed E-state index contributed by atoms with van der Waals surface area (Å²) >= 11 is 0. The number of likely N-dealkylation sites (tertiary alicyclic amines) is 1. The highest BCUT2D eigenvalue weighted by atomic mass is 15.2. The molecule has 0 aliphatic carbocycles. The van der Waals surface area contributed by atoms with Crippen molar-refractivity contribution in [3.63, 3.8) is 0 Å². The van der Waals surface area contributed by atoms with E-state index in [0.717, 1.165) is 38.2 Å². The summed E-state index contributed by atoms with van der Waals surface area (Å²) in [5.41, 5.74) is 2.62. The van der Waals surface area contributed by atoms with E-state index in [9.17, 15) is 0 Å². The lowest BCUT2D eigenvalue weighted by atomic mass is 10.0. The van der Waals surface area contributed by atoms with E-state index in [4.69, 9.17) is 0 Å². The number of nitrogens with one attached hydrogen (secondary N) is 2. The van der Waals surface area contributed by atoms with Gasteiger partial charge in [0, 0.05) is 39.3 Å². The summed E-state index contributed by atoms with van der Waals surface area (Å²) in [6.45, 7) is 7.36. The molecule has 0 bridgehead atoms. The minimum absolute atomic E-state index is 0.765. The zero-order valence-corrected chi connectivity index (χ0v) is 17.1. The first-order chi connectivity index (χ1) is 12.6. The molecule has 0 aromatic heterocycles. The fourth-order valence-electron chi connectivity index (χ4n) is 3.67. The molecule has 0 spiro atoms. The van der Waals surface area contributed by atoms with Crippen molar-refractivity contribution in [3.8, 4) is 0 Å². The Labute approximate surface area is 159 Å². The molecule has 1 atom stereocenters. The van der Waals surface area contributed by atoms with E-state index >= 15 is 0 Å². The standard InChI is InChI=1S/C21H37N5/c1-5-20-8-6-7-14-26(20)15-13-23-21(22-2)24-16-18-9-11-19(12-10-18)17-25(3)4/h9-12,20H,5-8,13-17H2,1-4H3,(H2,22,23,24). The van der Waals surface area contributed by atoms with Gasteiger partial charge in [-0.25, -0.2) is 0 Å². The molecule has 5 nitrogen and oxygen atoms in total. The lowest BCUT2D eigenvalue weighted by Gasteiger charge is -2.35. The molecule has 1 fully saturated rings. The normalized spacial score (nSPS) is 19.0. The van der Waals surface area contributed by atoms with Crippen LogP contribution in [0.4, 0.5) is 0 Å². The van der Waals surface area contributed by atoms with Crippen molar-refractivity contribution in [3.05, 3.63) is 35.4 Å². The summed E-state index contributed by atoms with van der Waals surface area (Å²) in [4.78, 5) is 9.17. The molecule has 2 rings (SSSR count). The van der Waals surface area contributed by atoms with E-state index in [2.05, 4.69) is 70.7 Å². The van der Waals surface area contributed by atoms with E-state index in [1.54, 1.807) is 0 Å². The lowest BCUT2D eigenvalue weighted by molar-refractivity contribution is 0.147. The number of aliphatic imine (C=N–C) groups is 1. The summed E-state index contributed by atoms with van der Waals surface area (Å²) in [5, 5.41) is 6.88. The molecular weight excluding hydrogens is 322 g/mol. The average Bonchev–Trinajstić information content (AvgIpc) is 2.65. The predicted molar refractivity (Wildman–Crippen MR) is 112 cm³/mol. The monoisotopic (exact) mass is 359 g/mol. The van der Waals surface area contributed by atoms with E-state index in [1.165, 1.54) is 43.4 Å². The summed E-state index contributed by atoms with van der Waals surface area (Å²) in [6, 6.07) is 9.56. The van der Waals surface area contributed by atoms with Crippen molar-refractivity contribution in [2.75, 3.05) is 40.8 Å². The predicted octanol–water partition coefficient (Wildman–Crippen LogP) is 2.68. The Kier molecular flexibility index (Phi) is 8.92.